The fourth-order valence-electron chi connectivity index (χ4n) is 3.21. The molecule has 1 nitrogen and oxygen atoms in total. The van der Waals surface area contributed by atoms with E-state index in [1.165, 1.54) is 18.4 Å². The molecule has 2 aliphatic rings. The van der Waals surface area contributed by atoms with Crippen LogP contribution in [0.1, 0.15) is 47.5 Å². The molecule has 2 aliphatic carbocycles. The zero-order valence-corrected chi connectivity index (χ0v) is 14.3. The highest BCUT2D eigenvalue weighted by atomic mass is 28.4. The third kappa shape index (κ3) is 2.22. The second-order valence-corrected chi connectivity index (χ2v) is 13.3. The van der Waals surface area contributed by atoms with E-state index in [2.05, 4.69) is 54.3 Å². The van der Waals surface area contributed by atoms with Crippen molar-refractivity contribution in [2.24, 2.45) is 17.3 Å². The summed E-state index contributed by atoms with van der Waals surface area (Å²) in [5.41, 5.74) is 1.89. The average Bonchev–Trinajstić information content (AvgIpc) is 2.67. The topological polar surface area (TPSA) is 9.23 Å². The predicted octanol–water partition coefficient (Wildman–Crippen LogP) is 5.00. The second kappa shape index (κ2) is 3.96. The molecular formula is C16H30OSi. The molecule has 0 bridgehead atoms. The Labute approximate surface area is 114 Å². The highest BCUT2D eigenvalue weighted by Crippen LogP contribution is 2.66. The summed E-state index contributed by atoms with van der Waals surface area (Å²) in [4.78, 5) is 0. The zero-order valence-electron chi connectivity index (χ0n) is 13.3. The molecule has 0 N–H and O–H groups in total. The Morgan fingerprint density at radius 2 is 1.78 bits per heavy atom. The number of fused-ring (bicyclic) bond motifs is 1. The van der Waals surface area contributed by atoms with Gasteiger partial charge in [0.15, 0.2) is 8.32 Å². The molecule has 0 unspecified atom stereocenters. The molecule has 0 saturated heterocycles. The fourth-order valence-corrected chi connectivity index (χ4v) is 4.53. The lowest BCUT2D eigenvalue weighted by molar-refractivity contribution is 0.177. The van der Waals surface area contributed by atoms with E-state index < -0.39 is 8.32 Å². The second-order valence-electron chi connectivity index (χ2n) is 8.50. The SMILES string of the molecule is C=C1C[C@@H]2[C@H](C[C@H]1O[Si](C)(C)C(C)(C)C)C2(C)C. The van der Waals surface area contributed by atoms with E-state index in [1.54, 1.807) is 0 Å². The van der Waals surface area contributed by atoms with Crippen molar-refractivity contribution in [1.82, 2.24) is 0 Å². The van der Waals surface area contributed by atoms with Gasteiger partial charge in [0.25, 0.3) is 0 Å². The van der Waals surface area contributed by atoms with E-state index in [4.69, 9.17) is 4.43 Å². The minimum Gasteiger partial charge on any atom is -0.410 e. The van der Waals surface area contributed by atoms with Crippen LogP contribution in [0, 0.1) is 17.3 Å². The molecule has 0 aromatic heterocycles. The molecular weight excluding hydrogens is 236 g/mol. The fraction of sp³-hybridized carbons (Fsp3) is 0.875. The van der Waals surface area contributed by atoms with Gasteiger partial charge in [-0.3, -0.25) is 0 Å². The van der Waals surface area contributed by atoms with Crippen molar-refractivity contribution in [2.75, 3.05) is 0 Å². The molecule has 0 aromatic rings. The molecule has 0 spiro atoms. The van der Waals surface area contributed by atoms with Crippen molar-refractivity contribution < 1.29 is 4.43 Å². The lowest BCUT2D eigenvalue weighted by atomic mass is 9.94. The van der Waals surface area contributed by atoms with Crippen molar-refractivity contribution >= 4 is 8.32 Å². The van der Waals surface area contributed by atoms with Crippen LogP contribution in [-0.4, -0.2) is 14.4 Å². The molecule has 2 fully saturated rings. The van der Waals surface area contributed by atoms with Crippen LogP contribution in [-0.2, 0) is 4.43 Å². The molecule has 3 atom stereocenters. The third-order valence-electron chi connectivity index (χ3n) is 5.94. The van der Waals surface area contributed by atoms with Crippen LogP contribution >= 0.6 is 0 Å². The quantitative estimate of drug-likeness (QED) is 0.505. The minimum absolute atomic E-state index is 0.295. The Balaban J connectivity index is 2.05. The summed E-state index contributed by atoms with van der Waals surface area (Å²) in [7, 11) is -1.65. The van der Waals surface area contributed by atoms with E-state index in [0.29, 0.717) is 16.6 Å². The van der Waals surface area contributed by atoms with E-state index in [0.717, 1.165) is 11.8 Å². The van der Waals surface area contributed by atoms with E-state index >= 15 is 0 Å². The molecule has 2 saturated carbocycles. The molecule has 0 aromatic carbocycles. The van der Waals surface area contributed by atoms with Crippen LogP contribution in [0.15, 0.2) is 12.2 Å². The molecule has 18 heavy (non-hydrogen) atoms. The van der Waals surface area contributed by atoms with Gasteiger partial charge < -0.3 is 4.43 Å². The van der Waals surface area contributed by atoms with Gasteiger partial charge in [-0.2, -0.15) is 0 Å². The van der Waals surface area contributed by atoms with Crippen molar-refractivity contribution in [3.63, 3.8) is 0 Å². The smallest absolute Gasteiger partial charge is 0.192 e. The summed E-state index contributed by atoms with van der Waals surface area (Å²) in [6.07, 6.45) is 2.73. The number of hydrogen-bond donors (Lipinski definition) is 0. The summed E-state index contributed by atoms with van der Waals surface area (Å²) in [5.74, 6) is 1.75. The summed E-state index contributed by atoms with van der Waals surface area (Å²) in [6, 6.07) is 0. The average molecular weight is 267 g/mol. The van der Waals surface area contributed by atoms with Gasteiger partial charge in [0.2, 0.25) is 0 Å². The molecule has 2 rings (SSSR count). The Hall–Kier alpha value is -0.0831. The Morgan fingerprint density at radius 1 is 1.22 bits per heavy atom. The van der Waals surface area contributed by atoms with Crippen LogP contribution in [0.4, 0.5) is 0 Å². The van der Waals surface area contributed by atoms with Crippen molar-refractivity contribution in [3.05, 3.63) is 12.2 Å². The summed E-state index contributed by atoms with van der Waals surface area (Å²) in [5, 5.41) is 0.295. The molecule has 0 amide bonds. The Morgan fingerprint density at radius 3 is 2.28 bits per heavy atom. The van der Waals surface area contributed by atoms with Gasteiger partial charge in [-0.25, -0.2) is 0 Å². The van der Waals surface area contributed by atoms with Crippen molar-refractivity contribution in [3.8, 4) is 0 Å². The van der Waals surface area contributed by atoms with Gasteiger partial charge in [0.1, 0.15) is 0 Å². The van der Waals surface area contributed by atoms with Gasteiger partial charge in [-0.1, -0.05) is 41.2 Å². The molecule has 2 heteroatoms. The largest absolute Gasteiger partial charge is 0.410 e. The normalized spacial score (nSPS) is 35.3. The van der Waals surface area contributed by atoms with Crippen LogP contribution < -0.4 is 0 Å². The lowest BCUT2D eigenvalue weighted by Gasteiger charge is -2.40. The van der Waals surface area contributed by atoms with Crippen LogP contribution in [0.25, 0.3) is 0 Å². The van der Waals surface area contributed by atoms with E-state index in [-0.39, 0.29) is 0 Å². The standard InChI is InChI=1S/C16H30OSi/c1-11-9-12-13(16(12,5)6)10-14(11)17-18(7,8)15(2,3)4/h12-14H,1,9-10H2,2-8H3/t12-,13+,14-/m1/s1. The minimum atomic E-state index is -1.65. The molecule has 0 heterocycles. The molecule has 104 valence electrons. The van der Waals surface area contributed by atoms with Crippen LogP contribution in [0.3, 0.4) is 0 Å². The number of hydrogen-bond acceptors (Lipinski definition) is 1. The Bertz CT molecular complexity index is 362. The Kier molecular flexibility index (Phi) is 3.15. The van der Waals surface area contributed by atoms with Gasteiger partial charge >= 0.3 is 0 Å². The first-order valence-corrected chi connectivity index (χ1v) is 10.2. The monoisotopic (exact) mass is 266 g/mol. The molecule has 0 radical (unpaired) electrons. The third-order valence-corrected chi connectivity index (χ3v) is 10.4. The van der Waals surface area contributed by atoms with Gasteiger partial charge in [-0.15, -0.1) is 0 Å². The highest BCUT2D eigenvalue weighted by Gasteiger charge is 2.60. The first kappa shape index (κ1) is 14.3. The maximum Gasteiger partial charge on any atom is 0.192 e. The van der Waals surface area contributed by atoms with E-state index in [1.807, 2.05) is 0 Å². The summed E-state index contributed by atoms with van der Waals surface area (Å²) in [6.45, 7) is 20.8. The summed E-state index contributed by atoms with van der Waals surface area (Å²) < 4.78 is 6.59. The van der Waals surface area contributed by atoms with E-state index in [9.17, 15) is 0 Å². The van der Waals surface area contributed by atoms with Gasteiger partial charge in [-0.05, 0) is 53.8 Å². The highest BCUT2D eigenvalue weighted by molar-refractivity contribution is 6.74. The first-order valence-electron chi connectivity index (χ1n) is 7.32. The zero-order chi connectivity index (χ0) is 13.9. The van der Waals surface area contributed by atoms with Gasteiger partial charge in [0.05, 0.1) is 6.10 Å². The van der Waals surface area contributed by atoms with Crippen molar-refractivity contribution in [1.29, 1.82) is 0 Å². The predicted molar refractivity (Wildman–Crippen MR) is 81.2 cm³/mol. The maximum atomic E-state index is 6.59. The van der Waals surface area contributed by atoms with Crippen LogP contribution in [0.5, 0.6) is 0 Å². The summed E-state index contributed by atoms with van der Waals surface area (Å²) >= 11 is 0. The maximum absolute atomic E-state index is 6.59. The van der Waals surface area contributed by atoms with Crippen LogP contribution in [0.2, 0.25) is 18.1 Å². The first-order chi connectivity index (χ1) is 7.97. The van der Waals surface area contributed by atoms with Gasteiger partial charge in [0, 0.05) is 0 Å². The molecule has 0 aliphatic heterocycles. The number of rotatable bonds is 2. The van der Waals surface area contributed by atoms with Crippen molar-refractivity contribution in [2.45, 2.75) is 71.7 Å². The lowest BCUT2D eigenvalue weighted by Crippen LogP contribution is -2.45.